The van der Waals surface area contributed by atoms with Crippen molar-refractivity contribution >= 4 is 28.9 Å². The second-order valence-corrected chi connectivity index (χ2v) is 6.92. The number of thiocarbonyl (C=S) groups is 1. The number of carbonyl (C=O) groups excluding carboxylic acids is 1. The summed E-state index contributed by atoms with van der Waals surface area (Å²) in [5.41, 5.74) is 3.77. The van der Waals surface area contributed by atoms with Crippen LogP contribution in [0.4, 0.5) is 5.69 Å². The summed E-state index contributed by atoms with van der Waals surface area (Å²) in [4.78, 5) is 13.8. The highest BCUT2D eigenvalue weighted by Crippen LogP contribution is 2.09. The van der Waals surface area contributed by atoms with Gasteiger partial charge in [0.25, 0.3) is 5.91 Å². The number of carbonyl (C=O) groups is 1. The first-order valence-corrected chi connectivity index (χ1v) is 9.20. The predicted octanol–water partition coefficient (Wildman–Crippen LogP) is 1.54. The molecule has 26 heavy (non-hydrogen) atoms. The second-order valence-electron chi connectivity index (χ2n) is 6.51. The molecule has 1 amide bonds. The molecular weight excluding hydrogens is 346 g/mol. The number of hydrogen-bond donors (Lipinski definition) is 3. The minimum atomic E-state index is -0.210. The number of morpholine rings is 1. The average Bonchev–Trinajstić information content (AvgIpc) is 2.64. The minimum absolute atomic E-state index is 0.210. The molecule has 0 bridgehead atoms. The van der Waals surface area contributed by atoms with Crippen LogP contribution in [0.5, 0.6) is 0 Å². The zero-order valence-corrected chi connectivity index (χ0v) is 15.7. The van der Waals surface area contributed by atoms with Crippen LogP contribution in [0, 0.1) is 6.92 Å². The molecule has 6 heteroatoms. The van der Waals surface area contributed by atoms with Gasteiger partial charge in [-0.3, -0.25) is 10.1 Å². The van der Waals surface area contributed by atoms with Gasteiger partial charge in [-0.15, -0.1) is 0 Å². The van der Waals surface area contributed by atoms with Gasteiger partial charge in [0.15, 0.2) is 5.11 Å². The van der Waals surface area contributed by atoms with Crippen molar-refractivity contribution < 1.29 is 14.4 Å². The van der Waals surface area contributed by atoms with Gasteiger partial charge >= 0.3 is 0 Å². The fourth-order valence-corrected chi connectivity index (χ4v) is 3.17. The van der Waals surface area contributed by atoms with Crippen LogP contribution in [0.3, 0.4) is 0 Å². The highest BCUT2D eigenvalue weighted by Gasteiger charge is 2.14. The molecule has 0 aromatic heterocycles. The largest absolute Gasteiger partial charge is 0.370 e. The lowest BCUT2D eigenvalue weighted by Gasteiger charge is -2.23. The molecule has 0 atom stereocenters. The van der Waals surface area contributed by atoms with Gasteiger partial charge in [0.1, 0.15) is 19.6 Å². The Kier molecular flexibility index (Phi) is 6.33. The molecule has 2 aromatic rings. The van der Waals surface area contributed by atoms with E-state index >= 15 is 0 Å². The van der Waals surface area contributed by atoms with E-state index in [0.29, 0.717) is 10.7 Å². The highest BCUT2D eigenvalue weighted by molar-refractivity contribution is 7.80. The topological polar surface area (TPSA) is 54.8 Å². The maximum absolute atomic E-state index is 12.2. The Bertz CT molecular complexity index is 771. The molecule has 0 saturated carbocycles. The summed E-state index contributed by atoms with van der Waals surface area (Å²) in [6.07, 6.45) is 0. The van der Waals surface area contributed by atoms with E-state index in [1.54, 1.807) is 6.07 Å². The Hall–Kier alpha value is -2.28. The molecule has 1 saturated heterocycles. The lowest BCUT2D eigenvalue weighted by atomic mass is 10.1. The number of anilines is 1. The number of hydrogen-bond acceptors (Lipinski definition) is 3. The molecule has 2 aromatic carbocycles. The van der Waals surface area contributed by atoms with E-state index in [2.05, 4.69) is 22.8 Å². The molecule has 136 valence electrons. The quantitative estimate of drug-likeness (QED) is 0.715. The Labute approximate surface area is 159 Å². The van der Waals surface area contributed by atoms with Crippen molar-refractivity contribution in [3.63, 3.8) is 0 Å². The maximum Gasteiger partial charge on any atom is 0.257 e. The van der Waals surface area contributed by atoms with Gasteiger partial charge in [-0.1, -0.05) is 29.8 Å². The van der Waals surface area contributed by atoms with E-state index in [0.717, 1.165) is 44.1 Å². The number of nitrogens with one attached hydrogen (secondary N) is 3. The van der Waals surface area contributed by atoms with Crippen molar-refractivity contribution in [2.75, 3.05) is 31.6 Å². The SMILES string of the molecule is Cc1cccc(C(=O)NC(=S)Nc2ccc(C[NH+]3CCOCC3)cc2)c1. The summed E-state index contributed by atoms with van der Waals surface area (Å²) >= 11 is 5.25. The molecule has 1 fully saturated rings. The molecule has 0 unspecified atom stereocenters. The normalized spacial score (nSPS) is 14.7. The Morgan fingerprint density at radius 2 is 1.88 bits per heavy atom. The van der Waals surface area contributed by atoms with Crippen molar-refractivity contribution in [1.29, 1.82) is 0 Å². The van der Waals surface area contributed by atoms with Crippen molar-refractivity contribution in [3.8, 4) is 0 Å². The van der Waals surface area contributed by atoms with Crippen LogP contribution in [-0.2, 0) is 11.3 Å². The van der Waals surface area contributed by atoms with Gasteiger partial charge in [-0.2, -0.15) is 0 Å². The minimum Gasteiger partial charge on any atom is -0.370 e. The summed E-state index contributed by atoms with van der Waals surface area (Å²) in [7, 11) is 0. The lowest BCUT2D eigenvalue weighted by molar-refractivity contribution is -0.921. The molecule has 3 rings (SSSR count). The van der Waals surface area contributed by atoms with Gasteiger partial charge < -0.3 is 15.0 Å². The van der Waals surface area contributed by atoms with Crippen LogP contribution in [0.15, 0.2) is 48.5 Å². The fraction of sp³-hybridized carbons (Fsp3) is 0.300. The van der Waals surface area contributed by atoms with Crippen LogP contribution in [0.1, 0.15) is 21.5 Å². The highest BCUT2D eigenvalue weighted by atomic mass is 32.1. The van der Waals surface area contributed by atoms with E-state index in [1.165, 1.54) is 10.5 Å². The van der Waals surface area contributed by atoms with Gasteiger partial charge in [0.2, 0.25) is 0 Å². The fourth-order valence-electron chi connectivity index (χ4n) is 2.96. The Morgan fingerprint density at radius 3 is 2.58 bits per heavy atom. The van der Waals surface area contributed by atoms with Crippen molar-refractivity contribution in [2.24, 2.45) is 0 Å². The van der Waals surface area contributed by atoms with Crippen molar-refractivity contribution in [1.82, 2.24) is 5.32 Å². The van der Waals surface area contributed by atoms with E-state index < -0.39 is 0 Å². The summed E-state index contributed by atoms with van der Waals surface area (Å²) in [6.45, 7) is 6.73. The molecule has 1 heterocycles. The lowest BCUT2D eigenvalue weighted by Crippen LogP contribution is -3.12. The van der Waals surface area contributed by atoms with Gasteiger partial charge in [-0.25, -0.2) is 0 Å². The van der Waals surface area contributed by atoms with Crippen LogP contribution in [0.2, 0.25) is 0 Å². The Morgan fingerprint density at radius 1 is 1.15 bits per heavy atom. The Balaban J connectivity index is 1.51. The van der Waals surface area contributed by atoms with E-state index in [9.17, 15) is 4.79 Å². The van der Waals surface area contributed by atoms with E-state index in [-0.39, 0.29) is 5.91 Å². The zero-order valence-electron chi connectivity index (χ0n) is 14.9. The van der Waals surface area contributed by atoms with Crippen molar-refractivity contribution in [2.45, 2.75) is 13.5 Å². The number of amides is 1. The summed E-state index contributed by atoms with van der Waals surface area (Å²) in [5, 5.41) is 6.07. The first-order chi connectivity index (χ1) is 12.6. The van der Waals surface area contributed by atoms with E-state index in [1.807, 2.05) is 37.3 Å². The van der Waals surface area contributed by atoms with Crippen LogP contribution < -0.4 is 15.5 Å². The van der Waals surface area contributed by atoms with Gasteiger partial charge in [0, 0.05) is 16.8 Å². The molecule has 3 N–H and O–H groups in total. The molecular formula is C20H24N3O2S+. The molecule has 0 spiro atoms. The third-order valence-electron chi connectivity index (χ3n) is 4.37. The van der Waals surface area contributed by atoms with Gasteiger partial charge in [0.05, 0.1) is 13.2 Å². The smallest absolute Gasteiger partial charge is 0.257 e. The molecule has 5 nitrogen and oxygen atoms in total. The van der Waals surface area contributed by atoms with Crippen LogP contribution in [0.25, 0.3) is 0 Å². The third kappa shape index (κ3) is 5.36. The monoisotopic (exact) mass is 370 g/mol. The second kappa shape index (κ2) is 8.89. The van der Waals surface area contributed by atoms with E-state index in [4.69, 9.17) is 17.0 Å². The third-order valence-corrected chi connectivity index (χ3v) is 4.58. The molecule has 1 aliphatic rings. The number of rotatable bonds is 4. The summed E-state index contributed by atoms with van der Waals surface area (Å²) < 4.78 is 5.39. The summed E-state index contributed by atoms with van der Waals surface area (Å²) in [5.74, 6) is -0.210. The van der Waals surface area contributed by atoms with Gasteiger partial charge in [-0.05, 0) is 43.4 Å². The molecule has 0 aliphatic carbocycles. The number of ether oxygens (including phenoxy) is 1. The summed E-state index contributed by atoms with van der Waals surface area (Å²) in [6, 6.07) is 15.6. The number of benzene rings is 2. The average molecular weight is 370 g/mol. The molecule has 0 radical (unpaired) electrons. The first kappa shape index (κ1) is 18.5. The zero-order chi connectivity index (χ0) is 18.4. The maximum atomic E-state index is 12.2. The number of quaternary nitrogens is 1. The van der Waals surface area contributed by atoms with Crippen molar-refractivity contribution in [3.05, 3.63) is 65.2 Å². The van der Waals surface area contributed by atoms with Crippen LogP contribution in [-0.4, -0.2) is 37.3 Å². The molecule has 1 aliphatic heterocycles. The standard InChI is InChI=1S/C20H23N3O2S/c1-15-3-2-4-17(13-15)19(24)22-20(26)21-18-7-5-16(6-8-18)14-23-9-11-25-12-10-23/h2-8,13H,9-12,14H2,1H3,(H2,21,22,24,26)/p+1. The number of aryl methyl sites for hydroxylation is 1. The predicted molar refractivity (Wildman–Crippen MR) is 107 cm³/mol. The first-order valence-electron chi connectivity index (χ1n) is 8.79. The van der Waals surface area contributed by atoms with Crippen LogP contribution >= 0.6 is 12.2 Å².